The van der Waals surface area contributed by atoms with Crippen LogP contribution in [0.4, 0.5) is 0 Å². The first-order chi connectivity index (χ1) is 12.2. The molecule has 1 aromatic rings. The van der Waals surface area contributed by atoms with Gasteiger partial charge in [0.25, 0.3) is 0 Å². The molecule has 1 aromatic carbocycles. The fourth-order valence-corrected chi connectivity index (χ4v) is 2.80. The molecule has 142 valence electrons. The molecule has 2 N–H and O–H groups in total. The van der Waals surface area contributed by atoms with Crippen LogP contribution in [0.1, 0.15) is 25.3 Å². The summed E-state index contributed by atoms with van der Waals surface area (Å²) < 4.78 is 16.2. The maximum Gasteiger partial charge on any atom is 0.191 e. The van der Waals surface area contributed by atoms with Crippen LogP contribution in [0.25, 0.3) is 0 Å². The quantitative estimate of drug-likeness (QED) is 0.355. The molecule has 0 aliphatic carbocycles. The molecule has 0 spiro atoms. The number of nitrogens with one attached hydrogen (secondary N) is 2. The number of rotatable bonds is 11. The monoisotopic (exact) mass is 369 g/mol. The van der Waals surface area contributed by atoms with Gasteiger partial charge in [-0.2, -0.15) is 11.8 Å². The molecule has 0 aliphatic rings. The second kappa shape index (κ2) is 12.6. The van der Waals surface area contributed by atoms with Crippen molar-refractivity contribution in [3.63, 3.8) is 0 Å². The van der Waals surface area contributed by atoms with E-state index in [2.05, 4.69) is 28.8 Å². The van der Waals surface area contributed by atoms with E-state index in [0.29, 0.717) is 23.8 Å². The van der Waals surface area contributed by atoms with Crippen molar-refractivity contribution in [2.45, 2.75) is 26.3 Å². The minimum Gasteiger partial charge on any atom is -0.496 e. The van der Waals surface area contributed by atoms with Crippen LogP contribution in [0, 0.1) is 0 Å². The zero-order chi connectivity index (χ0) is 18.5. The Kier molecular flexibility index (Phi) is 10.7. The molecule has 0 aliphatic heterocycles. The molecule has 0 bridgehead atoms. The molecule has 0 fully saturated rings. The number of benzene rings is 1. The number of hydrogen-bond donors (Lipinski definition) is 2. The van der Waals surface area contributed by atoms with Gasteiger partial charge in [-0.05, 0) is 31.8 Å². The van der Waals surface area contributed by atoms with Crippen LogP contribution in [0.5, 0.6) is 17.2 Å². The summed E-state index contributed by atoms with van der Waals surface area (Å²) >= 11 is 1.88. The van der Waals surface area contributed by atoms with Gasteiger partial charge in [0.2, 0.25) is 0 Å². The number of unbranched alkanes of at least 4 members (excludes halogenated alkanes) is 1. The van der Waals surface area contributed by atoms with Crippen LogP contribution in [0.3, 0.4) is 0 Å². The molecule has 0 saturated heterocycles. The Hall–Kier alpha value is -1.76. The van der Waals surface area contributed by atoms with E-state index in [4.69, 9.17) is 14.2 Å². The molecular weight excluding hydrogens is 338 g/mol. The summed E-state index contributed by atoms with van der Waals surface area (Å²) in [5, 5.41) is 6.64. The van der Waals surface area contributed by atoms with E-state index in [-0.39, 0.29) is 0 Å². The summed E-state index contributed by atoms with van der Waals surface area (Å²) in [6.07, 6.45) is 4.46. The van der Waals surface area contributed by atoms with E-state index in [9.17, 15) is 0 Å². The number of hydrogen-bond acceptors (Lipinski definition) is 5. The van der Waals surface area contributed by atoms with Gasteiger partial charge in [0, 0.05) is 25.2 Å². The average Bonchev–Trinajstić information content (AvgIpc) is 2.64. The van der Waals surface area contributed by atoms with Crippen LogP contribution in [0.2, 0.25) is 0 Å². The second-order valence-corrected chi connectivity index (χ2v) is 6.32. The van der Waals surface area contributed by atoms with Crippen molar-refractivity contribution in [2.24, 2.45) is 4.99 Å². The van der Waals surface area contributed by atoms with Gasteiger partial charge in [-0.1, -0.05) is 0 Å². The van der Waals surface area contributed by atoms with Gasteiger partial charge in [-0.3, -0.25) is 0 Å². The minimum absolute atomic E-state index is 0.455. The molecule has 7 heteroatoms. The first-order valence-electron chi connectivity index (χ1n) is 8.50. The molecule has 0 atom stereocenters. The Morgan fingerprint density at radius 1 is 1.04 bits per heavy atom. The van der Waals surface area contributed by atoms with Crippen molar-refractivity contribution in [1.29, 1.82) is 0 Å². The van der Waals surface area contributed by atoms with Crippen LogP contribution >= 0.6 is 11.8 Å². The first kappa shape index (κ1) is 21.3. The zero-order valence-corrected chi connectivity index (χ0v) is 16.8. The van der Waals surface area contributed by atoms with E-state index in [1.807, 2.05) is 23.9 Å². The highest BCUT2D eigenvalue weighted by Crippen LogP contribution is 2.34. The van der Waals surface area contributed by atoms with E-state index in [1.165, 1.54) is 12.2 Å². The van der Waals surface area contributed by atoms with Crippen LogP contribution in [-0.4, -0.2) is 52.4 Å². The predicted octanol–water partition coefficient (Wildman–Crippen LogP) is 2.91. The van der Waals surface area contributed by atoms with Gasteiger partial charge in [0.05, 0.1) is 33.4 Å². The lowest BCUT2D eigenvalue weighted by Crippen LogP contribution is -2.37. The van der Waals surface area contributed by atoms with E-state index in [0.717, 1.165) is 31.0 Å². The van der Waals surface area contributed by atoms with Crippen LogP contribution in [0.15, 0.2) is 17.1 Å². The van der Waals surface area contributed by atoms with Crippen molar-refractivity contribution < 1.29 is 14.2 Å². The van der Waals surface area contributed by atoms with Crippen molar-refractivity contribution in [1.82, 2.24) is 10.6 Å². The largest absolute Gasteiger partial charge is 0.496 e. The lowest BCUT2D eigenvalue weighted by molar-refractivity contribution is 0.369. The highest BCUT2D eigenvalue weighted by atomic mass is 32.2. The highest BCUT2D eigenvalue weighted by molar-refractivity contribution is 7.98. The Morgan fingerprint density at radius 3 is 2.24 bits per heavy atom. The summed E-state index contributed by atoms with van der Waals surface area (Å²) in [6.45, 7) is 4.23. The van der Waals surface area contributed by atoms with Crippen molar-refractivity contribution in [2.75, 3.05) is 46.4 Å². The van der Waals surface area contributed by atoms with E-state index < -0.39 is 0 Å². The topological polar surface area (TPSA) is 64.1 Å². The van der Waals surface area contributed by atoms with Crippen LogP contribution < -0.4 is 24.8 Å². The normalized spacial score (nSPS) is 11.2. The summed E-state index contributed by atoms with van der Waals surface area (Å²) in [5.74, 6) is 4.09. The van der Waals surface area contributed by atoms with E-state index in [1.54, 1.807) is 21.3 Å². The van der Waals surface area contributed by atoms with Crippen molar-refractivity contribution in [3.05, 3.63) is 17.7 Å². The molecule has 0 saturated carbocycles. The number of aliphatic imine (C=N–C) groups is 1. The maximum atomic E-state index is 5.48. The molecule has 0 aromatic heterocycles. The van der Waals surface area contributed by atoms with Gasteiger partial charge in [0.15, 0.2) is 5.96 Å². The number of thioether (sulfide) groups is 1. The Balaban J connectivity index is 2.83. The summed E-state index contributed by atoms with van der Waals surface area (Å²) in [5.41, 5.74) is 0.894. The summed E-state index contributed by atoms with van der Waals surface area (Å²) in [7, 11) is 4.89. The summed E-state index contributed by atoms with van der Waals surface area (Å²) in [4.78, 5) is 4.66. The zero-order valence-electron chi connectivity index (χ0n) is 16.0. The number of nitrogens with zero attached hydrogens (tertiary/aromatic N) is 1. The van der Waals surface area contributed by atoms with Crippen molar-refractivity contribution in [3.8, 4) is 17.2 Å². The van der Waals surface area contributed by atoms with E-state index >= 15 is 0 Å². The Labute approximate surface area is 155 Å². The second-order valence-electron chi connectivity index (χ2n) is 5.33. The standard InChI is InChI=1S/C18H31N3O3S/c1-6-19-18(20-9-7-8-10-25-5)21-13-15-16(23-3)11-14(22-2)12-17(15)24-4/h11-12H,6-10,13H2,1-5H3,(H2,19,20,21). The molecular formula is C18H31N3O3S. The molecule has 1 rings (SSSR count). The highest BCUT2D eigenvalue weighted by Gasteiger charge is 2.13. The van der Waals surface area contributed by atoms with Gasteiger partial charge < -0.3 is 24.8 Å². The minimum atomic E-state index is 0.455. The number of guanidine groups is 1. The smallest absolute Gasteiger partial charge is 0.191 e. The molecule has 0 heterocycles. The lowest BCUT2D eigenvalue weighted by Gasteiger charge is -2.15. The number of methoxy groups -OCH3 is 3. The Morgan fingerprint density at radius 2 is 1.72 bits per heavy atom. The third-order valence-corrected chi connectivity index (χ3v) is 4.32. The Bertz CT molecular complexity index is 513. The van der Waals surface area contributed by atoms with Gasteiger partial charge in [-0.25, -0.2) is 4.99 Å². The van der Waals surface area contributed by atoms with Gasteiger partial charge in [0.1, 0.15) is 17.2 Å². The fourth-order valence-electron chi connectivity index (χ4n) is 2.31. The van der Waals surface area contributed by atoms with Gasteiger partial charge >= 0.3 is 0 Å². The summed E-state index contributed by atoms with van der Waals surface area (Å²) in [6, 6.07) is 3.69. The predicted molar refractivity (Wildman–Crippen MR) is 107 cm³/mol. The maximum absolute atomic E-state index is 5.48. The molecule has 6 nitrogen and oxygen atoms in total. The molecule has 0 radical (unpaired) electrons. The fraction of sp³-hybridized carbons (Fsp3) is 0.611. The van der Waals surface area contributed by atoms with Gasteiger partial charge in [-0.15, -0.1) is 0 Å². The lowest BCUT2D eigenvalue weighted by atomic mass is 10.1. The third kappa shape index (κ3) is 7.34. The van der Waals surface area contributed by atoms with Crippen LogP contribution in [-0.2, 0) is 6.54 Å². The molecule has 0 unspecified atom stereocenters. The first-order valence-corrected chi connectivity index (χ1v) is 9.89. The average molecular weight is 370 g/mol. The van der Waals surface area contributed by atoms with Crippen molar-refractivity contribution >= 4 is 17.7 Å². The third-order valence-electron chi connectivity index (χ3n) is 3.62. The SMILES string of the molecule is CCNC(=NCc1c(OC)cc(OC)cc1OC)NCCCCSC. The number of ether oxygens (including phenoxy) is 3. The molecule has 0 amide bonds. The molecule has 25 heavy (non-hydrogen) atoms.